The van der Waals surface area contributed by atoms with Crippen LogP contribution in [0, 0.1) is 0 Å². The first kappa shape index (κ1) is 32.1. The summed E-state index contributed by atoms with van der Waals surface area (Å²) in [5, 5.41) is 48.6. The van der Waals surface area contributed by atoms with Gasteiger partial charge in [-0.15, -0.1) is 20.4 Å². The van der Waals surface area contributed by atoms with Gasteiger partial charge in [0.15, 0.2) is 22.9 Å². The third-order valence-electron chi connectivity index (χ3n) is 5.13. The van der Waals surface area contributed by atoms with E-state index in [9.17, 15) is 19.8 Å². The maximum absolute atomic E-state index is 11.6. The number of fused-ring (bicyclic) bond motifs is 2. The smallest absolute Gasteiger partial charge is 0.408 e. The van der Waals surface area contributed by atoms with E-state index in [0.717, 1.165) is 0 Å². The van der Waals surface area contributed by atoms with Gasteiger partial charge in [0.05, 0.1) is 36.7 Å². The van der Waals surface area contributed by atoms with Crippen molar-refractivity contribution >= 4 is 23.5 Å². The quantitative estimate of drug-likeness (QED) is 0.257. The SMILES string of the molecule is C[C@@H](O)c1ccc2nnc(CNC(=O)OC(C)(C)C)n2n1.C[C@H](O)c1ccc2nnc(CNC(=O)OC(C)(C)C)n2n1. The first-order valence-corrected chi connectivity index (χ1v) is 13.2. The summed E-state index contributed by atoms with van der Waals surface area (Å²) >= 11 is 0. The fourth-order valence-corrected chi connectivity index (χ4v) is 3.29. The van der Waals surface area contributed by atoms with Crippen LogP contribution in [0.2, 0.25) is 0 Å². The van der Waals surface area contributed by atoms with Crippen molar-refractivity contribution in [3.63, 3.8) is 0 Å². The Balaban J connectivity index is 0.000000230. The van der Waals surface area contributed by atoms with Gasteiger partial charge in [-0.3, -0.25) is 0 Å². The molecule has 16 nitrogen and oxygen atoms in total. The van der Waals surface area contributed by atoms with Crippen LogP contribution in [-0.4, -0.2) is 73.2 Å². The molecule has 4 rings (SSSR count). The first-order chi connectivity index (χ1) is 19.5. The van der Waals surface area contributed by atoms with Gasteiger partial charge in [0.2, 0.25) is 0 Å². The number of aliphatic hydroxyl groups excluding tert-OH is 2. The highest BCUT2D eigenvalue weighted by molar-refractivity contribution is 5.68. The van der Waals surface area contributed by atoms with Crippen LogP contribution in [0.5, 0.6) is 0 Å². The molecule has 4 aromatic rings. The van der Waals surface area contributed by atoms with Crippen LogP contribution < -0.4 is 10.6 Å². The van der Waals surface area contributed by atoms with Crippen LogP contribution in [0.3, 0.4) is 0 Å². The highest BCUT2D eigenvalue weighted by Crippen LogP contribution is 2.12. The van der Waals surface area contributed by atoms with Crippen molar-refractivity contribution in [1.82, 2.24) is 50.3 Å². The summed E-state index contributed by atoms with van der Waals surface area (Å²) in [5.41, 5.74) is 0.964. The first-order valence-electron chi connectivity index (χ1n) is 13.2. The zero-order valence-electron chi connectivity index (χ0n) is 25.0. The molecule has 0 aliphatic heterocycles. The predicted octanol–water partition coefficient (Wildman–Crippen LogP) is 2.40. The molecule has 0 unspecified atom stereocenters. The van der Waals surface area contributed by atoms with Crippen LogP contribution in [0.15, 0.2) is 24.3 Å². The lowest BCUT2D eigenvalue weighted by Gasteiger charge is -2.19. The molecule has 228 valence electrons. The van der Waals surface area contributed by atoms with E-state index in [2.05, 4.69) is 41.2 Å². The molecule has 0 bridgehead atoms. The molecular formula is C26H38N10O6. The number of aromatic nitrogens is 8. The zero-order valence-corrected chi connectivity index (χ0v) is 25.0. The molecule has 0 aliphatic rings. The Morgan fingerprint density at radius 2 is 1.07 bits per heavy atom. The maximum Gasteiger partial charge on any atom is 0.408 e. The Labute approximate surface area is 242 Å². The molecule has 0 saturated carbocycles. The van der Waals surface area contributed by atoms with E-state index in [1.807, 2.05) is 0 Å². The number of carbonyl (C=O) groups is 2. The van der Waals surface area contributed by atoms with Gasteiger partial charge in [-0.25, -0.2) is 9.59 Å². The molecule has 0 radical (unpaired) electrons. The number of hydrogen-bond donors (Lipinski definition) is 4. The topological polar surface area (TPSA) is 203 Å². The van der Waals surface area contributed by atoms with Gasteiger partial charge in [0.25, 0.3) is 0 Å². The second-order valence-electron chi connectivity index (χ2n) is 11.4. The Bertz CT molecular complexity index is 1400. The third kappa shape index (κ3) is 9.31. The van der Waals surface area contributed by atoms with Crippen molar-refractivity contribution in [3.05, 3.63) is 47.3 Å². The Morgan fingerprint density at radius 1 is 0.714 bits per heavy atom. The maximum atomic E-state index is 11.6. The highest BCUT2D eigenvalue weighted by Gasteiger charge is 2.18. The van der Waals surface area contributed by atoms with E-state index in [1.54, 1.807) is 79.7 Å². The van der Waals surface area contributed by atoms with Crippen molar-refractivity contribution < 1.29 is 29.3 Å². The summed E-state index contributed by atoms with van der Waals surface area (Å²) < 4.78 is 13.3. The van der Waals surface area contributed by atoms with E-state index in [0.29, 0.717) is 34.3 Å². The van der Waals surface area contributed by atoms with Crippen LogP contribution in [-0.2, 0) is 22.6 Å². The summed E-state index contributed by atoms with van der Waals surface area (Å²) in [4.78, 5) is 23.2. The van der Waals surface area contributed by atoms with Crippen molar-refractivity contribution in [1.29, 1.82) is 0 Å². The van der Waals surface area contributed by atoms with Crippen LogP contribution >= 0.6 is 0 Å². The molecule has 0 spiro atoms. The highest BCUT2D eigenvalue weighted by atomic mass is 16.6. The van der Waals surface area contributed by atoms with Gasteiger partial charge in [-0.1, -0.05) is 0 Å². The van der Waals surface area contributed by atoms with Gasteiger partial charge in [0, 0.05) is 0 Å². The minimum Gasteiger partial charge on any atom is -0.444 e. The van der Waals surface area contributed by atoms with Crippen molar-refractivity contribution in [2.45, 2.75) is 91.9 Å². The van der Waals surface area contributed by atoms with Gasteiger partial charge in [-0.05, 0) is 79.7 Å². The molecule has 0 saturated heterocycles. The lowest BCUT2D eigenvalue weighted by molar-refractivity contribution is 0.0510. The number of ether oxygens (including phenoxy) is 2. The predicted molar refractivity (Wildman–Crippen MR) is 149 cm³/mol. The molecule has 2 atom stereocenters. The second-order valence-corrected chi connectivity index (χ2v) is 11.4. The summed E-state index contributed by atoms with van der Waals surface area (Å²) in [5.74, 6) is 0.914. The fraction of sp³-hybridized carbons (Fsp3) is 0.538. The summed E-state index contributed by atoms with van der Waals surface area (Å²) in [6, 6.07) is 6.78. The second kappa shape index (κ2) is 13.0. The number of aliphatic hydroxyl groups is 2. The molecule has 4 heterocycles. The number of alkyl carbamates (subject to hydrolysis) is 2. The van der Waals surface area contributed by atoms with Crippen LogP contribution in [0.1, 0.15) is 90.6 Å². The number of nitrogens with one attached hydrogen (secondary N) is 2. The van der Waals surface area contributed by atoms with Gasteiger partial charge in [-0.2, -0.15) is 19.2 Å². The van der Waals surface area contributed by atoms with Crippen LogP contribution in [0.25, 0.3) is 11.3 Å². The fourth-order valence-electron chi connectivity index (χ4n) is 3.29. The number of nitrogens with zero attached hydrogens (tertiary/aromatic N) is 8. The van der Waals surface area contributed by atoms with Gasteiger partial charge < -0.3 is 30.3 Å². The summed E-state index contributed by atoms with van der Waals surface area (Å²) in [6.07, 6.45) is -2.45. The molecule has 42 heavy (non-hydrogen) atoms. The van der Waals surface area contributed by atoms with E-state index in [-0.39, 0.29) is 13.1 Å². The molecule has 4 aromatic heterocycles. The number of carbonyl (C=O) groups excluding carboxylic acids is 2. The molecular weight excluding hydrogens is 548 g/mol. The third-order valence-corrected chi connectivity index (χ3v) is 5.13. The Morgan fingerprint density at radius 3 is 1.38 bits per heavy atom. The zero-order chi connectivity index (χ0) is 31.2. The average molecular weight is 587 g/mol. The van der Waals surface area contributed by atoms with Crippen molar-refractivity contribution in [2.24, 2.45) is 0 Å². The average Bonchev–Trinajstić information content (AvgIpc) is 3.47. The Hall–Kier alpha value is -4.44. The molecule has 0 aliphatic carbocycles. The normalized spacial score (nSPS) is 13.2. The van der Waals surface area contributed by atoms with Crippen molar-refractivity contribution in [3.8, 4) is 0 Å². The van der Waals surface area contributed by atoms with E-state index in [4.69, 9.17) is 9.47 Å². The lowest BCUT2D eigenvalue weighted by Crippen LogP contribution is -2.32. The molecule has 2 amide bonds. The Kier molecular flexibility index (Phi) is 9.95. The molecule has 16 heteroatoms. The lowest BCUT2D eigenvalue weighted by atomic mass is 10.2. The summed E-state index contributed by atoms with van der Waals surface area (Å²) in [6.45, 7) is 14.2. The van der Waals surface area contributed by atoms with E-state index >= 15 is 0 Å². The minimum atomic E-state index is -0.691. The largest absolute Gasteiger partial charge is 0.444 e. The molecule has 0 aromatic carbocycles. The molecule has 0 fully saturated rings. The number of amides is 2. The molecule has 4 N–H and O–H groups in total. The van der Waals surface area contributed by atoms with E-state index < -0.39 is 35.6 Å². The number of rotatable bonds is 6. The van der Waals surface area contributed by atoms with Gasteiger partial charge in [0.1, 0.15) is 11.2 Å². The van der Waals surface area contributed by atoms with Crippen LogP contribution in [0.4, 0.5) is 9.59 Å². The van der Waals surface area contributed by atoms with Crippen molar-refractivity contribution in [2.75, 3.05) is 0 Å². The summed E-state index contributed by atoms with van der Waals surface area (Å²) in [7, 11) is 0. The van der Waals surface area contributed by atoms with E-state index in [1.165, 1.54) is 9.03 Å². The minimum absolute atomic E-state index is 0.131. The monoisotopic (exact) mass is 586 g/mol. The number of hydrogen-bond acceptors (Lipinski definition) is 12. The standard InChI is InChI=1S/2C13H19N5O3/c2*1-8(19)9-5-6-10-15-16-11(18(10)17-9)7-14-12(20)21-13(2,3)4/h2*5-6,8,19H,7H2,1-4H3,(H,14,20)/t2*8-/m10/s1. The van der Waals surface area contributed by atoms with Gasteiger partial charge >= 0.3 is 12.2 Å².